The van der Waals surface area contributed by atoms with E-state index in [0.717, 1.165) is 10.7 Å². The first-order chi connectivity index (χ1) is 9.47. The summed E-state index contributed by atoms with van der Waals surface area (Å²) in [6.07, 6.45) is -0.689. The van der Waals surface area contributed by atoms with Crippen LogP contribution in [0.4, 0.5) is 4.39 Å². The van der Waals surface area contributed by atoms with Crippen molar-refractivity contribution in [1.82, 2.24) is 4.98 Å². The van der Waals surface area contributed by atoms with E-state index in [1.54, 1.807) is 24.3 Å². The van der Waals surface area contributed by atoms with Gasteiger partial charge in [-0.3, -0.25) is 0 Å². The molecule has 0 aliphatic rings. The van der Waals surface area contributed by atoms with E-state index in [-0.39, 0.29) is 12.4 Å². The molecule has 1 N–H and O–H groups in total. The Morgan fingerprint density at radius 3 is 2.65 bits per heavy atom. The van der Waals surface area contributed by atoms with Gasteiger partial charge in [-0.1, -0.05) is 19.9 Å². The van der Waals surface area contributed by atoms with Crippen LogP contribution in [0, 0.1) is 5.82 Å². The maximum atomic E-state index is 13.8. The lowest BCUT2D eigenvalue weighted by Crippen LogP contribution is -2.00. The van der Waals surface area contributed by atoms with Gasteiger partial charge in [0.25, 0.3) is 0 Å². The lowest BCUT2D eigenvalue weighted by Gasteiger charge is -2.09. The molecule has 20 heavy (non-hydrogen) atoms. The number of hydrogen-bond donors (Lipinski definition) is 1. The molecule has 0 aliphatic carbocycles. The molecule has 2 rings (SSSR count). The van der Waals surface area contributed by atoms with E-state index in [4.69, 9.17) is 4.74 Å². The van der Waals surface area contributed by atoms with Crippen molar-refractivity contribution in [1.29, 1.82) is 0 Å². The van der Waals surface area contributed by atoms with Crippen LogP contribution in [-0.2, 0) is 6.61 Å². The Morgan fingerprint density at radius 2 is 2.10 bits per heavy atom. The van der Waals surface area contributed by atoms with Crippen molar-refractivity contribution >= 4 is 11.3 Å². The van der Waals surface area contributed by atoms with Gasteiger partial charge in [-0.25, -0.2) is 9.37 Å². The van der Waals surface area contributed by atoms with E-state index in [2.05, 4.69) is 18.8 Å². The van der Waals surface area contributed by atoms with Crippen molar-refractivity contribution in [3.05, 3.63) is 45.7 Å². The summed E-state index contributed by atoms with van der Waals surface area (Å²) in [5.41, 5.74) is 1.34. The van der Waals surface area contributed by atoms with E-state index in [0.29, 0.717) is 11.5 Å². The number of aliphatic hydroxyl groups is 1. The molecule has 108 valence electrons. The zero-order chi connectivity index (χ0) is 14.7. The first kappa shape index (κ1) is 14.9. The fourth-order valence-corrected chi connectivity index (χ4v) is 2.52. The lowest BCUT2D eigenvalue weighted by molar-refractivity contribution is 0.198. The first-order valence-corrected chi connectivity index (χ1v) is 7.40. The van der Waals surface area contributed by atoms with E-state index in [1.165, 1.54) is 12.1 Å². The van der Waals surface area contributed by atoms with Gasteiger partial charge < -0.3 is 9.84 Å². The molecule has 1 aromatic heterocycles. The van der Waals surface area contributed by atoms with Crippen LogP contribution in [0.3, 0.4) is 0 Å². The van der Waals surface area contributed by atoms with E-state index >= 15 is 0 Å². The van der Waals surface area contributed by atoms with Gasteiger partial charge in [-0.2, -0.15) is 0 Å². The molecule has 0 radical (unpaired) electrons. The van der Waals surface area contributed by atoms with Crippen LogP contribution in [0.25, 0.3) is 0 Å². The number of ether oxygens (including phenoxy) is 1. The standard InChI is InChI=1S/C15H18FNO2S/c1-9(2)15-17-12(8-20-15)7-19-14-5-4-11(10(3)18)6-13(14)16/h4-6,8-10,18H,7H2,1-3H3. The third kappa shape index (κ3) is 3.55. The third-order valence-corrected chi connectivity index (χ3v) is 4.07. The van der Waals surface area contributed by atoms with Crippen molar-refractivity contribution < 1.29 is 14.2 Å². The Bertz CT molecular complexity index is 581. The lowest BCUT2D eigenvalue weighted by atomic mass is 10.1. The van der Waals surface area contributed by atoms with Crippen molar-refractivity contribution in [2.24, 2.45) is 0 Å². The van der Waals surface area contributed by atoms with Crippen LogP contribution < -0.4 is 4.74 Å². The number of aromatic nitrogens is 1. The molecule has 0 saturated carbocycles. The van der Waals surface area contributed by atoms with Crippen LogP contribution in [-0.4, -0.2) is 10.1 Å². The van der Waals surface area contributed by atoms with Crippen LogP contribution >= 0.6 is 11.3 Å². The molecule has 5 heteroatoms. The van der Waals surface area contributed by atoms with Gasteiger partial charge in [0.2, 0.25) is 0 Å². The van der Waals surface area contributed by atoms with Crippen molar-refractivity contribution in [3.8, 4) is 5.75 Å². The quantitative estimate of drug-likeness (QED) is 0.905. The minimum Gasteiger partial charge on any atom is -0.484 e. The number of nitrogens with zero attached hydrogens (tertiary/aromatic N) is 1. The second kappa shape index (κ2) is 6.33. The zero-order valence-corrected chi connectivity index (χ0v) is 12.6. The fraction of sp³-hybridized carbons (Fsp3) is 0.400. The predicted octanol–water partition coefficient (Wildman–Crippen LogP) is 4.04. The average molecular weight is 295 g/mol. The summed E-state index contributed by atoms with van der Waals surface area (Å²) in [6, 6.07) is 4.48. The SMILES string of the molecule is CC(C)c1nc(COc2ccc(C(C)O)cc2F)cs1. The molecule has 0 fully saturated rings. The van der Waals surface area contributed by atoms with Gasteiger partial charge in [0.15, 0.2) is 11.6 Å². The highest BCUT2D eigenvalue weighted by Crippen LogP contribution is 2.24. The number of hydrogen-bond acceptors (Lipinski definition) is 4. The van der Waals surface area contributed by atoms with Crippen LogP contribution in [0.2, 0.25) is 0 Å². The van der Waals surface area contributed by atoms with Crippen molar-refractivity contribution in [2.75, 3.05) is 0 Å². The van der Waals surface area contributed by atoms with E-state index in [9.17, 15) is 9.50 Å². The second-order valence-corrected chi connectivity index (χ2v) is 5.88. The van der Waals surface area contributed by atoms with E-state index < -0.39 is 11.9 Å². The topological polar surface area (TPSA) is 42.4 Å². The molecule has 1 heterocycles. The van der Waals surface area contributed by atoms with Gasteiger partial charge in [0.1, 0.15) is 6.61 Å². The number of halogens is 1. The molecule has 1 atom stereocenters. The summed E-state index contributed by atoms with van der Waals surface area (Å²) in [5, 5.41) is 12.4. The highest BCUT2D eigenvalue weighted by Gasteiger charge is 2.10. The monoisotopic (exact) mass is 295 g/mol. The van der Waals surface area contributed by atoms with Crippen LogP contribution in [0.1, 0.15) is 49.1 Å². The molecule has 0 aliphatic heterocycles. The highest BCUT2D eigenvalue weighted by molar-refractivity contribution is 7.09. The van der Waals surface area contributed by atoms with Crippen molar-refractivity contribution in [3.63, 3.8) is 0 Å². The van der Waals surface area contributed by atoms with Crippen LogP contribution in [0.5, 0.6) is 5.75 Å². The van der Waals surface area contributed by atoms with E-state index in [1.807, 2.05) is 5.38 Å². The maximum absolute atomic E-state index is 13.8. The Labute approximate surface area is 122 Å². The number of rotatable bonds is 5. The third-order valence-electron chi connectivity index (χ3n) is 2.88. The van der Waals surface area contributed by atoms with Gasteiger partial charge in [0, 0.05) is 11.3 Å². The Balaban J connectivity index is 2.03. The van der Waals surface area contributed by atoms with Gasteiger partial charge in [-0.15, -0.1) is 11.3 Å². The molecule has 1 unspecified atom stereocenters. The zero-order valence-electron chi connectivity index (χ0n) is 11.8. The van der Waals surface area contributed by atoms with Crippen LogP contribution in [0.15, 0.2) is 23.6 Å². The minimum atomic E-state index is -0.689. The molecule has 2 aromatic rings. The first-order valence-electron chi connectivity index (χ1n) is 6.52. The molecule has 1 aromatic carbocycles. The predicted molar refractivity (Wildman–Crippen MR) is 77.6 cm³/mol. The molecule has 3 nitrogen and oxygen atoms in total. The summed E-state index contributed by atoms with van der Waals surface area (Å²) in [6.45, 7) is 6.00. The molecule has 0 bridgehead atoms. The molecule has 0 saturated heterocycles. The Hall–Kier alpha value is -1.46. The molecule has 0 spiro atoms. The number of thiazole rings is 1. The van der Waals surface area contributed by atoms with Gasteiger partial charge in [-0.05, 0) is 24.6 Å². The Morgan fingerprint density at radius 1 is 1.35 bits per heavy atom. The maximum Gasteiger partial charge on any atom is 0.165 e. The Kier molecular flexibility index (Phi) is 4.73. The summed E-state index contributed by atoms with van der Waals surface area (Å²) in [7, 11) is 0. The van der Waals surface area contributed by atoms with Gasteiger partial charge in [0.05, 0.1) is 16.8 Å². The molecule has 0 amide bonds. The summed E-state index contributed by atoms with van der Waals surface area (Å²) < 4.78 is 19.2. The molecular weight excluding hydrogens is 277 g/mol. The fourth-order valence-electron chi connectivity index (χ4n) is 1.70. The highest BCUT2D eigenvalue weighted by atomic mass is 32.1. The summed E-state index contributed by atoms with van der Waals surface area (Å²) in [5.74, 6) is 0.0898. The smallest absolute Gasteiger partial charge is 0.165 e. The number of benzene rings is 1. The average Bonchev–Trinajstić information content (AvgIpc) is 2.86. The van der Waals surface area contributed by atoms with Crippen molar-refractivity contribution in [2.45, 2.75) is 39.4 Å². The second-order valence-electron chi connectivity index (χ2n) is 4.99. The largest absolute Gasteiger partial charge is 0.484 e. The summed E-state index contributed by atoms with van der Waals surface area (Å²) >= 11 is 1.59. The van der Waals surface area contributed by atoms with Gasteiger partial charge >= 0.3 is 0 Å². The minimum absolute atomic E-state index is 0.175. The number of aliphatic hydroxyl groups excluding tert-OH is 1. The summed E-state index contributed by atoms with van der Waals surface area (Å²) in [4.78, 5) is 4.43. The molecular formula is C15H18FNO2S. The normalized spacial score (nSPS) is 12.7.